The molecule has 4 N–H and O–H groups in total. The number of aldehydes is 1. The van der Waals surface area contributed by atoms with E-state index in [0.717, 1.165) is 24.0 Å². The van der Waals surface area contributed by atoms with Gasteiger partial charge in [-0.3, -0.25) is 14.6 Å². The summed E-state index contributed by atoms with van der Waals surface area (Å²) < 4.78 is 17.8. The lowest BCUT2D eigenvalue weighted by Gasteiger charge is -2.03. The Kier molecular flexibility index (Phi) is 7.25. The van der Waals surface area contributed by atoms with Crippen molar-refractivity contribution in [3.8, 4) is 0 Å². The van der Waals surface area contributed by atoms with Crippen molar-refractivity contribution in [3.63, 3.8) is 0 Å². The van der Waals surface area contributed by atoms with Crippen LogP contribution in [0, 0.1) is 5.82 Å². The second-order valence-corrected chi connectivity index (χ2v) is 6.08. The first-order valence-corrected chi connectivity index (χ1v) is 8.49. The van der Waals surface area contributed by atoms with Crippen LogP contribution in [0.25, 0.3) is 11.0 Å². The molecule has 144 valence electrons. The molecule has 3 aromatic rings. The number of benzene rings is 1. The highest BCUT2D eigenvalue weighted by Gasteiger charge is 2.10. The molecule has 0 saturated carbocycles. The second kappa shape index (κ2) is 9.63. The number of rotatable bonds is 6. The summed E-state index contributed by atoms with van der Waals surface area (Å²) in [7, 11) is 3.25. The maximum absolute atomic E-state index is 13.5. The van der Waals surface area contributed by atoms with Gasteiger partial charge in [0.15, 0.2) is 6.29 Å². The van der Waals surface area contributed by atoms with Gasteiger partial charge in [-0.1, -0.05) is 6.07 Å². The van der Waals surface area contributed by atoms with Crippen LogP contribution in [-0.2, 0) is 17.6 Å². The summed E-state index contributed by atoms with van der Waals surface area (Å²) in [5.74, 6) is -0.406. The van der Waals surface area contributed by atoms with Crippen LogP contribution >= 0.6 is 0 Å². The molecule has 0 aliphatic heterocycles. The van der Waals surface area contributed by atoms with Crippen molar-refractivity contribution in [2.45, 2.75) is 25.7 Å². The molecular formula is C19H23FN4O3. The van der Waals surface area contributed by atoms with Crippen LogP contribution in [-0.4, -0.2) is 35.5 Å². The Morgan fingerprint density at radius 2 is 1.96 bits per heavy atom. The van der Waals surface area contributed by atoms with Crippen LogP contribution in [0.4, 0.5) is 10.3 Å². The third-order valence-electron chi connectivity index (χ3n) is 4.00. The van der Waals surface area contributed by atoms with Crippen molar-refractivity contribution in [1.29, 1.82) is 0 Å². The number of methoxy groups -OCH3 is 1. The molecule has 0 aliphatic rings. The van der Waals surface area contributed by atoms with Crippen LogP contribution in [0.2, 0.25) is 0 Å². The van der Waals surface area contributed by atoms with E-state index in [1.54, 1.807) is 26.5 Å². The molecule has 0 radical (unpaired) electrons. The first kappa shape index (κ1) is 20.3. The summed E-state index contributed by atoms with van der Waals surface area (Å²) in [6.07, 6.45) is 5.38. The monoisotopic (exact) mass is 374 g/mol. The average molecular weight is 374 g/mol. The number of unbranched alkanes of at least 4 members (excludes halogenated alkanes) is 1. The van der Waals surface area contributed by atoms with Gasteiger partial charge in [0.25, 0.3) is 5.56 Å². The van der Waals surface area contributed by atoms with E-state index >= 15 is 0 Å². The third-order valence-corrected chi connectivity index (χ3v) is 4.00. The van der Waals surface area contributed by atoms with Crippen molar-refractivity contribution in [2.24, 2.45) is 0 Å². The van der Waals surface area contributed by atoms with Crippen LogP contribution in [0.15, 0.2) is 29.2 Å². The maximum atomic E-state index is 13.5. The Balaban J connectivity index is 0.000000817. The molecule has 0 fully saturated rings. The lowest BCUT2D eigenvalue weighted by molar-refractivity contribution is 0.112. The largest absolute Gasteiger partial charge is 0.388 e. The van der Waals surface area contributed by atoms with Crippen LogP contribution < -0.4 is 11.3 Å². The first-order chi connectivity index (χ1) is 13.0. The number of nitrogens with zero attached hydrogens (tertiary/aromatic N) is 1. The molecule has 0 unspecified atom stereocenters. The lowest BCUT2D eigenvalue weighted by Crippen LogP contribution is -2.11. The predicted octanol–water partition coefficient (Wildman–Crippen LogP) is 2.61. The van der Waals surface area contributed by atoms with Gasteiger partial charge in [0.05, 0.1) is 10.9 Å². The van der Waals surface area contributed by atoms with E-state index in [4.69, 9.17) is 5.73 Å². The van der Waals surface area contributed by atoms with Crippen molar-refractivity contribution < 1.29 is 13.9 Å². The number of nitrogens with two attached hydrogens (primary N) is 1. The van der Waals surface area contributed by atoms with Crippen LogP contribution in [0.5, 0.6) is 0 Å². The van der Waals surface area contributed by atoms with Crippen molar-refractivity contribution in [1.82, 2.24) is 15.0 Å². The minimum atomic E-state index is -0.491. The fraction of sp³-hybridized carbons (Fsp3) is 0.316. The molecule has 2 heterocycles. The number of aromatic amines is 2. The Morgan fingerprint density at radius 3 is 2.63 bits per heavy atom. The Morgan fingerprint density at radius 1 is 1.26 bits per heavy atom. The molecule has 0 aliphatic carbocycles. The van der Waals surface area contributed by atoms with Crippen molar-refractivity contribution in [2.75, 3.05) is 20.0 Å². The number of carbonyl (C=O) groups excluding carboxylic acids is 1. The molecule has 7 nitrogen and oxygen atoms in total. The zero-order valence-electron chi connectivity index (χ0n) is 15.3. The zero-order chi connectivity index (χ0) is 19.8. The molecular weight excluding hydrogens is 351 g/mol. The number of ether oxygens (including phenoxy) is 1. The average Bonchev–Trinajstić information content (AvgIpc) is 3.02. The van der Waals surface area contributed by atoms with E-state index in [1.807, 2.05) is 0 Å². The van der Waals surface area contributed by atoms with E-state index in [0.29, 0.717) is 30.2 Å². The quantitative estimate of drug-likeness (QED) is 0.453. The normalized spacial score (nSPS) is 10.5. The number of H-pyrrole nitrogens is 2. The summed E-state index contributed by atoms with van der Waals surface area (Å²) in [4.78, 5) is 32.1. The van der Waals surface area contributed by atoms with Gasteiger partial charge in [-0.2, -0.15) is 4.98 Å². The van der Waals surface area contributed by atoms with Crippen molar-refractivity contribution >= 4 is 23.3 Å². The number of hydrogen-bond donors (Lipinski definition) is 3. The number of carbonyl (C=O) groups is 1. The fourth-order valence-electron chi connectivity index (χ4n) is 2.78. The number of hydrogen-bond acceptors (Lipinski definition) is 5. The number of nitrogens with one attached hydrogen (secondary N) is 2. The van der Waals surface area contributed by atoms with Crippen LogP contribution in [0.1, 0.15) is 34.3 Å². The highest BCUT2D eigenvalue weighted by molar-refractivity contribution is 5.79. The van der Waals surface area contributed by atoms with Gasteiger partial charge in [0.2, 0.25) is 5.95 Å². The highest BCUT2D eigenvalue weighted by atomic mass is 19.1. The molecule has 3 rings (SSSR count). The topological polar surface area (TPSA) is 114 Å². The standard InChI is InChI=1S/C17H17FN4O2.C2H6O/c18-13-7-10(5-6-12(13)9-23)3-1-2-4-11-8-20-15-14(11)16(24)22-17(19)21-15;1-3-2/h5-9H,1-4H2,(H4,19,20,21,22,24);1-2H3. The molecule has 0 amide bonds. The fourth-order valence-corrected chi connectivity index (χ4v) is 2.78. The Hall–Kier alpha value is -3.00. The zero-order valence-corrected chi connectivity index (χ0v) is 15.3. The molecule has 0 spiro atoms. The Bertz CT molecular complexity index is 965. The minimum Gasteiger partial charge on any atom is -0.388 e. The molecule has 2 aromatic heterocycles. The van der Waals surface area contributed by atoms with Gasteiger partial charge in [0, 0.05) is 20.4 Å². The molecule has 0 saturated heterocycles. The van der Waals surface area contributed by atoms with Gasteiger partial charge < -0.3 is 15.5 Å². The number of nitrogen functional groups attached to an aromatic ring is 1. The van der Waals surface area contributed by atoms with Gasteiger partial charge in [-0.25, -0.2) is 4.39 Å². The Labute approximate surface area is 155 Å². The van der Waals surface area contributed by atoms with Gasteiger partial charge in [-0.05, 0) is 48.9 Å². The van der Waals surface area contributed by atoms with E-state index in [2.05, 4.69) is 19.7 Å². The van der Waals surface area contributed by atoms with Gasteiger partial charge in [0.1, 0.15) is 11.5 Å². The maximum Gasteiger partial charge on any atom is 0.262 e. The van der Waals surface area contributed by atoms with E-state index in [9.17, 15) is 14.0 Å². The van der Waals surface area contributed by atoms with E-state index < -0.39 is 5.82 Å². The number of fused-ring (bicyclic) bond motifs is 1. The summed E-state index contributed by atoms with van der Waals surface area (Å²) in [6, 6.07) is 4.65. The van der Waals surface area contributed by atoms with Gasteiger partial charge >= 0.3 is 0 Å². The summed E-state index contributed by atoms with van der Waals surface area (Å²) in [5, 5.41) is 0.533. The number of aromatic nitrogens is 3. The van der Waals surface area contributed by atoms with Crippen molar-refractivity contribution in [3.05, 3.63) is 57.3 Å². The van der Waals surface area contributed by atoms with Gasteiger partial charge in [-0.15, -0.1) is 0 Å². The predicted molar refractivity (Wildman–Crippen MR) is 102 cm³/mol. The number of halogens is 1. The molecule has 8 heteroatoms. The highest BCUT2D eigenvalue weighted by Crippen LogP contribution is 2.17. The smallest absolute Gasteiger partial charge is 0.262 e. The molecule has 0 bridgehead atoms. The second-order valence-electron chi connectivity index (χ2n) is 6.08. The van der Waals surface area contributed by atoms with E-state index in [-0.39, 0.29) is 17.1 Å². The summed E-state index contributed by atoms with van der Waals surface area (Å²) in [5.41, 5.74) is 7.56. The third kappa shape index (κ3) is 5.24. The summed E-state index contributed by atoms with van der Waals surface area (Å²) in [6.45, 7) is 0. The minimum absolute atomic E-state index is 0.0727. The van der Waals surface area contributed by atoms with E-state index in [1.165, 1.54) is 12.1 Å². The lowest BCUT2D eigenvalue weighted by atomic mass is 10.0. The number of anilines is 1. The molecule has 0 atom stereocenters. The first-order valence-electron chi connectivity index (χ1n) is 8.49. The SMILES string of the molecule is COC.Nc1nc2[nH]cc(CCCCc3ccc(C=O)c(F)c3)c2c(=O)[nH]1. The number of aryl methyl sites for hydroxylation is 2. The molecule has 1 aromatic carbocycles. The van der Waals surface area contributed by atoms with Crippen LogP contribution in [0.3, 0.4) is 0 Å². The molecule has 27 heavy (non-hydrogen) atoms. The summed E-state index contributed by atoms with van der Waals surface area (Å²) >= 11 is 0.